The van der Waals surface area contributed by atoms with Gasteiger partial charge in [-0.15, -0.1) is 0 Å². The lowest BCUT2D eigenvalue weighted by Gasteiger charge is -2.36. The van der Waals surface area contributed by atoms with Gasteiger partial charge in [0, 0.05) is 6.54 Å². The van der Waals surface area contributed by atoms with Crippen molar-refractivity contribution in [2.45, 2.75) is 32.2 Å². The molecule has 1 aliphatic rings. The van der Waals surface area contributed by atoms with E-state index in [1.54, 1.807) is 25.1 Å². The van der Waals surface area contributed by atoms with Crippen LogP contribution in [0.25, 0.3) is 0 Å². The van der Waals surface area contributed by atoms with Crippen LogP contribution in [0.3, 0.4) is 0 Å². The van der Waals surface area contributed by atoms with E-state index < -0.39 is 4.92 Å². The van der Waals surface area contributed by atoms with Crippen molar-refractivity contribution in [2.24, 2.45) is 0 Å². The SMILES string of the molecule is CCOc1cccc(N2CCCCC2CO)c1[N+](=O)[O-]. The number of anilines is 1. The maximum absolute atomic E-state index is 11.4. The van der Waals surface area contributed by atoms with E-state index >= 15 is 0 Å². The first-order valence-corrected chi connectivity index (χ1v) is 6.96. The number of nitro groups is 1. The van der Waals surface area contributed by atoms with Gasteiger partial charge in [0.05, 0.1) is 24.2 Å². The Kier molecular flexibility index (Phi) is 4.79. The Bertz CT molecular complexity index is 478. The minimum absolute atomic E-state index is 0.00491. The van der Waals surface area contributed by atoms with E-state index in [0.29, 0.717) is 12.3 Å². The predicted octanol–water partition coefficient (Wildman–Crippen LogP) is 2.34. The first kappa shape index (κ1) is 14.6. The molecule has 0 spiro atoms. The van der Waals surface area contributed by atoms with Gasteiger partial charge in [-0.1, -0.05) is 6.07 Å². The molecule has 0 bridgehead atoms. The zero-order valence-corrected chi connectivity index (χ0v) is 11.6. The fraction of sp³-hybridized carbons (Fsp3) is 0.571. The molecular weight excluding hydrogens is 260 g/mol. The quantitative estimate of drug-likeness (QED) is 0.662. The first-order valence-electron chi connectivity index (χ1n) is 6.96. The summed E-state index contributed by atoms with van der Waals surface area (Å²) in [7, 11) is 0. The third-order valence-corrected chi connectivity index (χ3v) is 3.61. The number of hydrogen-bond donors (Lipinski definition) is 1. The lowest BCUT2D eigenvalue weighted by molar-refractivity contribution is -0.385. The van der Waals surface area contributed by atoms with E-state index in [1.807, 2.05) is 4.90 Å². The highest BCUT2D eigenvalue weighted by atomic mass is 16.6. The zero-order valence-electron chi connectivity index (χ0n) is 11.6. The molecule has 6 nitrogen and oxygen atoms in total. The molecule has 2 rings (SSSR count). The van der Waals surface area contributed by atoms with E-state index in [0.717, 1.165) is 25.8 Å². The second kappa shape index (κ2) is 6.56. The summed E-state index contributed by atoms with van der Waals surface area (Å²) >= 11 is 0. The minimum atomic E-state index is -0.399. The molecule has 1 aliphatic heterocycles. The van der Waals surface area contributed by atoms with Crippen molar-refractivity contribution in [3.8, 4) is 5.75 Å². The van der Waals surface area contributed by atoms with Gasteiger partial charge in [0.2, 0.25) is 0 Å². The standard InChI is InChI=1S/C14H20N2O4/c1-2-20-13-8-5-7-12(14(13)16(18)19)15-9-4-3-6-11(15)10-17/h5,7-8,11,17H,2-4,6,9-10H2,1H3. The van der Waals surface area contributed by atoms with Gasteiger partial charge in [-0.2, -0.15) is 0 Å². The van der Waals surface area contributed by atoms with Crippen molar-refractivity contribution in [2.75, 3.05) is 24.7 Å². The van der Waals surface area contributed by atoms with E-state index in [2.05, 4.69) is 0 Å². The normalized spacial score (nSPS) is 18.9. The van der Waals surface area contributed by atoms with Crippen molar-refractivity contribution in [3.63, 3.8) is 0 Å². The van der Waals surface area contributed by atoms with Crippen molar-refractivity contribution in [1.29, 1.82) is 0 Å². The summed E-state index contributed by atoms with van der Waals surface area (Å²) in [5.41, 5.74) is 0.536. The van der Waals surface area contributed by atoms with Gasteiger partial charge in [-0.3, -0.25) is 10.1 Å². The monoisotopic (exact) mass is 280 g/mol. The van der Waals surface area contributed by atoms with Gasteiger partial charge in [-0.25, -0.2) is 0 Å². The number of nitrogens with zero attached hydrogens (tertiary/aromatic N) is 2. The number of hydrogen-bond acceptors (Lipinski definition) is 5. The van der Waals surface area contributed by atoms with Gasteiger partial charge in [-0.05, 0) is 38.3 Å². The van der Waals surface area contributed by atoms with Crippen molar-refractivity contribution in [1.82, 2.24) is 0 Å². The van der Waals surface area contributed by atoms with Crippen LogP contribution in [0.4, 0.5) is 11.4 Å². The molecule has 1 fully saturated rings. The summed E-state index contributed by atoms with van der Waals surface area (Å²) in [6, 6.07) is 5.05. The number of piperidine rings is 1. The second-order valence-electron chi connectivity index (χ2n) is 4.84. The van der Waals surface area contributed by atoms with E-state index in [9.17, 15) is 15.2 Å². The molecule has 1 N–H and O–H groups in total. The Labute approximate surface area is 118 Å². The number of aliphatic hydroxyl groups excluding tert-OH is 1. The van der Waals surface area contributed by atoms with Crippen LogP contribution in [-0.2, 0) is 0 Å². The Morgan fingerprint density at radius 1 is 1.50 bits per heavy atom. The Morgan fingerprint density at radius 2 is 2.30 bits per heavy atom. The highest BCUT2D eigenvalue weighted by Gasteiger charge is 2.30. The number of para-hydroxylation sites is 1. The molecule has 0 radical (unpaired) electrons. The van der Waals surface area contributed by atoms with Crippen LogP contribution < -0.4 is 9.64 Å². The molecule has 0 aliphatic carbocycles. The summed E-state index contributed by atoms with van der Waals surface area (Å²) in [5, 5.41) is 20.9. The number of nitro benzene ring substituents is 1. The lowest BCUT2D eigenvalue weighted by Crippen LogP contribution is -2.42. The van der Waals surface area contributed by atoms with Crippen molar-refractivity contribution >= 4 is 11.4 Å². The maximum Gasteiger partial charge on any atom is 0.333 e. The molecule has 1 saturated heterocycles. The van der Waals surface area contributed by atoms with Gasteiger partial charge in [0.15, 0.2) is 5.75 Å². The van der Waals surface area contributed by atoms with Crippen molar-refractivity contribution < 1.29 is 14.8 Å². The molecule has 0 aromatic heterocycles. The van der Waals surface area contributed by atoms with Crippen molar-refractivity contribution in [3.05, 3.63) is 28.3 Å². The Balaban J connectivity index is 2.43. The zero-order chi connectivity index (χ0) is 14.5. The molecule has 0 saturated carbocycles. The highest BCUT2D eigenvalue weighted by molar-refractivity contribution is 5.70. The van der Waals surface area contributed by atoms with Gasteiger partial charge in [0.1, 0.15) is 5.69 Å². The fourth-order valence-corrected chi connectivity index (χ4v) is 2.71. The molecule has 110 valence electrons. The summed E-state index contributed by atoms with van der Waals surface area (Å²) in [5.74, 6) is 0.289. The van der Waals surface area contributed by atoms with E-state index in [4.69, 9.17) is 4.74 Å². The molecule has 20 heavy (non-hydrogen) atoms. The molecule has 0 amide bonds. The predicted molar refractivity (Wildman–Crippen MR) is 76.3 cm³/mol. The number of rotatable bonds is 5. The topological polar surface area (TPSA) is 75.8 Å². The highest BCUT2D eigenvalue weighted by Crippen LogP contribution is 2.39. The van der Waals surface area contributed by atoms with Crippen LogP contribution in [0.5, 0.6) is 5.75 Å². The smallest absolute Gasteiger partial charge is 0.333 e. The summed E-state index contributed by atoms with van der Waals surface area (Å²) in [4.78, 5) is 12.9. The molecule has 1 aromatic carbocycles. The number of aliphatic hydroxyl groups is 1. The van der Waals surface area contributed by atoms with Gasteiger partial charge in [0.25, 0.3) is 0 Å². The largest absolute Gasteiger partial charge is 0.487 e. The molecule has 1 unspecified atom stereocenters. The maximum atomic E-state index is 11.4. The average molecular weight is 280 g/mol. The number of benzene rings is 1. The second-order valence-corrected chi connectivity index (χ2v) is 4.84. The van der Waals surface area contributed by atoms with Crippen LogP contribution >= 0.6 is 0 Å². The first-order chi connectivity index (χ1) is 9.69. The van der Waals surface area contributed by atoms with E-state index in [-0.39, 0.29) is 24.1 Å². The van der Waals surface area contributed by atoms with Gasteiger partial charge >= 0.3 is 5.69 Å². The van der Waals surface area contributed by atoms with Crippen LogP contribution in [-0.4, -0.2) is 35.8 Å². The van der Waals surface area contributed by atoms with Crippen LogP contribution in [0, 0.1) is 10.1 Å². The van der Waals surface area contributed by atoms with Crippen LogP contribution in [0.15, 0.2) is 18.2 Å². The Morgan fingerprint density at radius 3 is 2.95 bits per heavy atom. The summed E-state index contributed by atoms with van der Waals surface area (Å²) in [6.07, 6.45) is 2.87. The molecule has 1 atom stereocenters. The summed E-state index contributed by atoms with van der Waals surface area (Å²) in [6.45, 7) is 2.92. The fourth-order valence-electron chi connectivity index (χ4n) is 2.71. The minimum Gasteiger partial charge on any atom is -0.487 e. The average Bonchev–Trinajstić information content (AvgIpc) is 2.47. The Hall–Kier alpha value is -1.82. The summed E-state index contributed by atoms with van der Waals surface area (Å²) < 4.78 is 5.37. The third-order valence-electron chi connectivity index (χ3n) is 3.61. The van der Waals surface area contributed by atoms with Gasteiger partial charge < -0.3 is 14.7 Å². The molecular formula is C14H20N2O4. The molecule has 1 aromatic rings. The molecule has 6 heteroatoms. The third kappa shape index (κ3) is 2.85. The molecule has 1 heterocycles. The van der Waals surface area contributed by atoms with Crippen LogP contribution in [0.2, 0.25) is 0 Å². The number of ether oxygens (including phenoxy) is 1. The van der Waals surface area contributed by atoms with Crippen LogP contribution in [0.1, 0.15) is 26.2 Å². The van der Waals surface area contributed by atoms with E-state index in [1.165, 1.54) is 0 Å². The lowest BCUT2D eigenvalue weighted by atomic mass is 10.0.